The minimum absolute atomic E-state index is 0.0625. The third kappa shape index (κ3) is 8.30. The molecule has 0 bridgehead atoms. The molecule has 0 aromatic carbocycles. The van der Waals surface area contributed by atoms with E-state index in [9.17, 15) is 0 Å². The molecule has 0 saturated heterocycles. The highest BCUT2D eigenvalue weighted by Crippen LogP contribution is 2.46. The van der Waals surface area contributed by atoms with E-state index in [-0.39, 0.29) is 5.54 Å². The van der Waals surface area contributed by atoms with Crippen molar-refractivity contribution >= 4 is 20.9 Å². The molecule has 0 atom stereocenters. The smallest absolute Gasteiger partial charge is 0.0742 e. The molecule has 0 rings (SSSR count). The fourth-order valence-corrected chi connectivity index (χ4v) is 0.777. The van der Waals surface area contributed by atoms with Crippen LogP contribution in [0, 0.1) is 0 Å². The molecule has 0 saturated carbocycles. The summed E-state index contributed by atoms with van der Waals surface area (Å²) in [6.07, 6.45) is 3.98. The van der Waals surface area contributed by atoms with Gasteiger partial charge in [0.15, 0.2) is 0 Å². The monoisotopic (exact) mass is 180 g/mol. The van der Waals surface area contributed by atoms with Gasteiger partial charge in [-0.2, -0.15) is 5.11 Å². The fraction of sp³-hybridized carbons (Fsp3) is 1.00. The van der Waals surface area contributed by atoms with Gasteiger partial charge in [0, 0.05) is 0 Å². The Morgan fingerprint density at radius 3 is 1.70 bits per heavy atom. The summed E-state index contributed by atoms with van der Waals surface area (Å²) in [4.78, 5) is 0. The van der Waals surface area contributed by atoms with Crippen molar-refractivity contribution in [1.29, 1.82) is 0 Å². The minimum Gasteiger partial charge on any atom is -0.177 e. The van der Waals surface area contributed by atoms with E-state index in [0.717, 1.165) is 0 Å². The molecule has 0 N–H and O–H groups in total. The first-order valence-electron chi connectivity index (χ1n) is 3.11. The molecule has 4 heteroatoms. The first-order valence-corrected chi connectivity index (χ1v) is 6.56. The molecule has 10 heavy (non-hydrogen) atoms. The van der Waals surface area contributed by atoms with E-state index in [4.69, 9.17) is 0 Å². The SMILES string of the molecule is CC(C)(C)N=NS(C)(C)S. The highest BCUT2D eigenvalue weighted by atomic mass is 33.1. The maximum absolute atomic E-state index is 4.29. The van der Waals surface area contributed by atoms with E-state index in [1.165, 1.54) is 0 Å². The second-order valence-electron chi connectivity index (χ2n) is 3.57. The summed E-state index contributed by atoms with van der Waals surface area (Å²) in [7, 11) is -1.10. The van der Waals surface area contributed by atoms with Crippen LogP contribution >= 0.6 is 20.9 Å². The second kappa shape index (κ2) is 3.13. The molecule has 0 aromatic heterocycles. The van der Waals surface area contributed by atoms with Crippen LogP contribution in [0.2, 0.25) is 0 Å². The summed E-state index contributed by atoms with van der Waals surface area (Å²) in [5, 5.41) is 4.11. The highest BCUT2D eigenvalue weighted by Gasteiger charge is 2.09. The Balaban J connectivity index is 4.01. The predicted molar refractivity (Wildman–Crippen MR) is 53.0 cm³/mol. The maximum Gasteiger partial charge on any atom is 0.0742 e. The van der Waals surface area contributed by atoms with Crippen LogP contribution in [-0.4, -0.2) is 18.1 Å². The van der Waals surface area contributed by atoms with Crippen LogP contribution in [-0.2, 0) is 0 Å². The molecule has 0 heterocycles. The van der Waals surface area contributed by atoms with Gasteiger partial charge in [-0.05, 0) is 33.3 Å². The van der Waals surface area contributed by atoms with Gasteiger partial charge < -0.3 is 0 Å². The van der Waals surface area contributed by atoms with Crippen molar-refractivity contribution in [2.45, 2.75) is 26.3 Å². The van der Waals surface area contributed by atoms with Gasteiger partial charge in [-0.3, -0.25) is 0 Å². The molecular weight excluding hydrogens is 164 g/mol. The summed E-state index contributed by atoms with van der Waals surface area (Å²) >= 11 is 4.29. The van der Waals surface area contributed by atoms with Gasteiger partial charge in [0.25, 0.3) is 0 Å². The number of rotatable bonds is 1. The van der Waals surface area contributed by atoms with Crippen LogP contribution in [0.1, 0.15) is 20.8 Å². The largest absolute Gasteiger partial charge is 0.177 e. The van der Waals surface area contributed by atoms with Crippen molar-refractivity contribution < 1.29 is 0 Å². The van der Waals surface area contributed by atoms with E-state index in [1.54, 1.807) is 0 Å². The minimum atomic E-state index is -1.10. The lowest BCUT2D eigenvalue weighted by Crippen LogP contribution is -2.08. The molecule has 0 amide bonds. The van der Waals surface area contributed by atoms with Crippen molar-refractivity contribution in [3.05, 3.63) is 0 Å². The standard InChI is InChI=1S/C6H16N2S2/c1-6(2,3)7-8-10(4,5)9/h9H,1-5H3. The summed E-state index contributed by atoms with van der Waals surface area (Å²) in [6.45, 7) is 6.07. The molecule has 0 aliphatic rings. The maximum atomic E-state index is 4.29. The third-order valence-electron chi connectivity index (χ3n) is 0.541. The predicted octanol–water partition coefficient (Wildman–Crippen LogP) is 3.06. The molecule has 62 valence electrons. The molecular formula is C6H16N2S2. The molecule has 0 fully saturated rings. The zero-order chi connectivity index (χ0) is 8.41. The average Bonchev–Trinajstić information content (AvgIpc) is 1.57. The van der Waals surface area contributed by atoms with Crippen molar-refractivity contribution in [2.75, 3.05) is 12.5 Å². The Bertz CT molecular complexity index is 114. The van der Waals surface area contributed by atoms with Gasteiger partial charge in [0.2, 0.25) is 0 Å². The van der Waals surface area contributed by atoms with Crippen LogP contribution < -0.4 is 0 Å². The van der Waals surface area contributed by atoms with Crippen molar-refractivity contribution in [1.82, 2.24) is 0 Å². The molecule has 0 aliphatic carbocycles. The van der Waals surface area contributed by atoms with Gasteiger partial charge in [0.05, 0.1) is 5.54 Å². The van der Waals surface area contributed by atoms with Crippen LogP contribution in [0.4, 0.5) is 0 Å². The first kappa shape index (κ1) is 10.3. The van der Waals surface area contributed by atoms with Gasteiger partial charge >= 0.3 is 0 Å². The van der Waals surface area contributed by atoms with Crippen molar-refractivity contribution in [3.8, 4) is 0 Å². The number of hydrogen-bond donors (Lipinski definition) is 1. The van der Waals surface area contributed by atoms with Gasteiger partial charge in [0.1, 0.15) is 0 Å². The van der Waals surface area contributed by atoms with Crippen LogP contribution in [0.3, 0.4) is 0 Å². The molecule has 0 spiro atoms. The lowest BCUT2D eigenvalue weighted by molar-refractivity contribution is 0.558. The number of hydrogen-bond acceptors (Lipinski definition) is 3. The topological polar surface area (TPSA) is 24.7 Å². The summed E-state index contributed by atoms with van der Waals surface area (Å²) in [5.74, 6) is 0. The molecule has 0 radical (unpaired) electrons. The Labute approximate surface area is 69.8 Å². The third-order valence-corrected chi connectivity index (χ3v) is 1.24. The van der Waals surface area contributed by atoms with Crippen molar-refractivity contribution in [3.63, 3.8) is 0 Å². The zero-order valence-electron chi connectivity index (χ0n) is 7.25. The van der Waals surface area contributed by atoms with Crippen LogP contribution in [0.25, 0.3) is 0 Å². The lowest BCUT2D eigenvalue weighted by Gasteiger charge is -2.18. The molecule has 0 aliphatic heterocycles. The number of nitrogens with zero attached hydrogens (tertiary/aromatic N) is 2. The molecule has 2 nitrogen and oxygen atoms in total. The fourth-order valence-electron chi connectivity index (χ4n) is 0.222. The highest BCUT2D eigenvalue weighted by molar-refractivity contribution is 8.86. The van der Waals surface area contributed by atoms with Crippen molar-refractivity contribution in [2.24, 2.45) is 9.63 Å². The van der Waals surface area contributed by atoms with Crippen LogP contribution in [0.15, 0.2) is 9.63 Å². The number of thiol groups is 1. The van der Waals surface area contributed by atoms with E-state index >= 15 is 0 Å². The Morgan fingerprint density at radius 1 is 1.20 bits per heavy atom. The normalized spacial score (nSPS) is 16.2. The Hall–Kier alpha value is 0.300. The van der Waals surface area contributed by atoms with Gasteiger partial charge in [-0.25, -0.2) is 0 Å². The van der Waals surface area contributed by atoms with Gasteiger partial charge in [-0.15, -0.1) is 16.2 Å². The van der Waals surface area contributed by atoms with Gasteiger partial charge in [-0.1, -0.05) is 9.25 Å². The second-order valence-corrected chi connectivity index (χ2v) is 8.86. The lowest BCUT2D eigenvalue weighted by atomic mass is 10.1. The zero-order valence-corrected chi connectivity index (χ0v) is 8.96. The summed E-state index contributed by atoms with van der Waals surface area (Å²) < 4.78 is 4.10. The Morgan fingerprint density at radius 2 is 1.60 bits per heavy atom. The van der Waals surface area contributed by atoms with Crippen LogP contribution in [0.5, 0.6) is 0 Å². The quantitative estimate of drug-likeness (QED) is 0.364. The van der Waals surface area contributed by atoms with E-state index in [2.05, 4.69) is 21.3 Å². The van der Waals surface area contributed by atoms with E-state index < -0.39 is 9.25 Å². The van der Waals surface area contributed by atoms with E-state index in [1.807, 2.05) is 33.3 Å². The summed E-state index contributed by atoms with van der Waals surface area (Å²) in [5.41, 5.74) is -0.0625. The molecule has 0 aromatic rings. The Kier molecular flexibility index (Phi) is 3.23. The summed E-state index contributed by atoms with van der Waals surface area (Å²) in [6, 6.07) is 0. The molecule has 0 unspecified atom stereocenters. The van der Waals surface area contributed by atoms with E-state index in [0.29, 0.717) is 0 Å². The first-order chi connectivity index (χ1) is 4.21. The average molecular weight is 180 g/mol.